The van der Waals surface area contributed by atoms with Gasteiger partial charge in [-0.3, -0.25) is 0 Å². The van der Waals surface area contributed by atoms with E-state index in [1.807, 2.05) is 0 Å². The molecule has 1 unspecified atom stereocenters. The Kier molecular flexibility index (Phi) is 8.07. The lowest BCUT2D eigenvalue weighted by Crippen LogP contribution is -2.14. The molecular formula is C22H28O4S. The van der Waals surface area contributed by atoms with Crippen molar-refractivity contribution in [1.82, 2.24) is 0 Å². The van der Waals surface area contributed by atoms with Crippen LogP contribution in [0.3, 0.4) is 0 Å². The molecule has 5 heteroatoms. The average Bonchev–Trinajstić information content (AvgIpc) is 2.66. The molecule has 0 fully saturated rings. The van der Waals surface area contributed by atoms with Gasteiger partial charge in [-0.05, 0) is 70.0 Å². The molecule has 0 spiro atoms. The second-order valence-electron chi connectivity index (χ2n) is 6.68. The van der Waals surface area contributed by atoms with Gasteiger partial charge in [-0.1, -0.05) is 29.8 Å². The van der Waals surface area contributed by atoms with Crippen LogP contribution in [0.15, 0.2) is 76.0 Å². The van der Waals surface area contributed by atoms with E-state index in [1.54, 1.807) is 54.6 Å². The van der Waals surface area contributed by atoms with E-state index >= 15 is 0 Å². The number of sulfone groups is 1. The minimum atomic E-state index is -3.49. The third kappa shape index (κ3) is 6.85. The standard InChI is InChI=1S/C22H28O4S/c1-18(2)8-7-9-19(3)25-16-17-26-20-12-14-22(15-13-20)27(23,24)21-10-5-4-6-11-21/h4-6,8,10-15,19H,7,9,16-17H2,1-3H3. The van der Waals surface area contributed by atoms with E-state index in [0.717, 1.165) is 12.8 Å². The lowest BCUT2D eigenvalue weighted by Gasteiger charge is -2.13. The van der Waals surface area contributed by atoms with Crippen molar-refractivity contribution in [2.24, 2.45) is 0 Å². The molecule has 0 aliphatic heterocycles. The van der Waals surface area contributed by atoms with Gasteiger partial charge in [0.25, 0.3) is 0 Å². The molecule has 1 atom stereocenters. The van der Waals surface area contributed by atoms with Gasteiger partial charge in [-0.25, -0.2) is 8.42 Å². The highest BCUT2D eigenvalue weighted by Gasteiger charge is 2.16. The number of ether oxygens (including phenoxy) is 2. The first-order chi connectivity index (χ1) is 12.9. The molecule has 146 valence electrons. The van der Waals surface area contributed by atoms with Crippen LogP contribution in [0.2, 0.25) is 0 Å². The summed E-state index contributed by atoms with van der Waals surface area (Å²) in [5, 5.41) is 0. The van der Waals surface area contributed by atoms with Gasteiger partial charge < -0.3 is 9.47 Å². The van der Waals surface area contributed by atoms with Crippen LogP contribution < -0.4 is 4.74 Å². The molecule has 27 heavy (non-hydrogen) atoms. The first kappa shape index (κ1) is 21.2. The molecule has 2 aromatic carbocycles. The van der Waals surface area contributed by atoms with Gasteiger partial charge >= 0.3 is 0 Å². The van der Waals surface area contributed by atoms with Gasteiger partial charge in [0.15, 0.2) is 0 Å². The summed E-state index contributed by atoms with van der Waals surface area (Å²) in [5.41, 5.74) is 1.32. The molecule has 0 aliphatic carbocycles. The number of hydrogen-bond acceptors (Lipinski definition) is 4. The molecule has 0 amide bonds. The zero-order valence-corrected chi connectivity index (χ0v) is 17.0. The maximum Gasteiger partial charge on any atom is 0.206 e. The van der Waals surface area contributed by atoms with Crippen LogP contribution in [0.4, 0.5) is 0 Å². The summed E-state index contributed by atoms with van der Waals surface area (Å²) in [5.74, 6) is 0.628. The van der Waals surface area contributed by atoms with Crippen LogP contribution in [0.1, 0.15) is 33.6 Å². The fourth-order valence-corrected chi connectivity index (χ4v) is 3.83. The molecule has 0 bridgehead atoms. The predicted molar refractivity (Wildman–Crippen MR) is 108 cm³/mol. The number of rotatable bonds is 10. The third-order valence-electron chi connectivity index (χ3n) is 4.07. The normalized spacial score (nSPS) is 12.4. The Morgan fingerprint density at radius 3 is 2.22 bits per heavy atom. The highest BCUT2D eigenvalue weighted by Crippen LogP contribution is 2.22. The Hall–Kier alpha value is -2.11. The zero-order valence-electron chi connectivity index (χ0n) is 16.2. The molecule has 0 radical (unpaired) electrons. The minimum absolute atomic E-state index is 0.183. The first-order valence-electron chi connectivity index (χ1n) is 9.17. The quantitative estimate of drug-likeness (QED) is 0.422. The van der Waals surface area contributed by atoms with Crippen molar-refractivity contribution >= 4 is 9.84 Å². The van der Waals surface area contributed by atoms with E-state index in [1.165, 1.54) is 5.57 Å². The second-order valence-corrected chi connectivity index (χ2v) is 8.63. The maximum absolute atomic E-state index is 12.5. The Bertz CT molecular complexity index is 820. The van der Waals surface area contributed by atoms with E-state index in [2.05, 4.69) is 26.8 Å². The molecule has 0 heterocycles. The first-order valence-corrected chi connectivity index (χ1v) is 10.7. The maximum atomic E-state index is 12.5. The zero-order chi connectivity index (χ0) is 19.7. The highest BCUT2D eigenvalue weighted by atomic mass is 32.2. The summed E-state index contributed by atoms with van der Waals surface area (Å²) in [7, 11) is -3.49. The number of hydrogen-bond donors (Lipinski definition) is 0. The topological polar surface area (TPSA) is 52.6 Å². The van der Waals surface area contributed by atoms with Crippen molar-refractivity contribution in [1.29, 1.82) is 0 Å². The fourth-order valence-electron chi connectivity index (χ4n) is 2.55. The van der Waals surface area contributed by atoms with Crippen LogP contribution in [-0.4, -0.2) is 27.7 Å². The van der Waals surface area contributed by atoms with E-state index in [9.17, 15) is 8.42 Å². The van der Waals surface area contributed by atoms with Crippen molar-refractivity contribution in [2.45, 2.75) is 49.5 Å². The molecule has 0 aliphatic rings. The van der Waals surface area contributed by atoms with Crippen LogP contribution in [0.5, 0.6) is 5.75 Å². The number of allylic oxidation sites excluding steroid dienone is 2. The number of benzene rings is 2. The summed E-state index contributed by atoms with van der Waals surface area (Å²) >= 11 is 0. The molecule has 0 saturated heterocycles. The molecule has 2 aromatic rings. The molecule has 0 N–H and O–H groups in total. The minimum Gasteiger partial charge on any atom is -0.491 e. The highest BCUT2D eigenvalue weighted by molar-refractivity contribution is 7.91. The van der Waals surface area contributed by atoms with Crippen LogP contribution >= 0.6 is 0 Å². The van der Waals surface area contributed by atoms with Crippen molar-refractivity contribution in [3.63, 3.8) is 0 Å². The Morgan fingerprint density at radius 2 is 1.59 bits per heavy atom. The SMILES string of the molecule is CC(C)=CCCC(C)OCCOc1ccc(S(=O)(=O)c2ccccc2)cc1. The van der Waals surface area contributed by atoms with Gasteiger partial charge in [0.05, 0.1) is 22.5 Å². The summed E-state index contributed by atoms with van der Waals surface area (Å²) in [4.78, 5) is 0.541. The van der Waals surface area contributed by atoms with Gasteiger partial charge in [0, 0.05) is 0 Å². The summed E-state index contributed by atoms with van der Waals surface area (Å²) < 4.78 is 36.5. The van der Waals surface area contributed by atoms with Crippen molar-refractivity contribution in [3.8, 4) is 5.75 Å². The Morgan fingerprint density at radius 1 is 0.963 bits per heavy atom. The summed E-state index contributed by atoms with van der Waals surface area (Å²) in [6.45, 7) is 7.17. The lowest BCUT2D eigenvalue weighted by molar-refractivity contribution is 0.0404. The Balaban J connectivity index is 1.80. The molecule has 4 nitrogen and oxygen atoms in total. The van der Waals surface area contributed by atoms with E-state index in [-0.39, 0.29) is 15.9 Å². The average molecular weight is 389 g/mol. The third-order valence-corrected chi connectivity index (χ3v) is 5.85. The van der Waals surface area contributed by atoms with Crippen molar-refractivity contribution in [2.75, 3.05) is 13.2 Å². The Labute approximate surface area is 162 Å². The smallest absolute Gasteiger partial charge is 0.206 e. The van der Waals surface area contributed by atoms with Crippen LogP contribution in [-0.2, 0) is 14.6 Å². The molecule has 0 aromatic heterocycles. The summed E-state index contributed by atoms with van der Waals surface area (Å²) in [6.07, 6.45) is 4.39. The molecular weight excluding hydrogens is 360 g/mol. The fraction of sp³-hybridized carbons (Fsp3) is 0.364. The van der Waals surface area contributed by atoms with Gasteiger partial charge in [0.1, 0.15) is 12.4 Å². The van der Waals surface area contributed by atoms with Gasteiger partial charge in [-0.2, -0.15) is 0 Å². The van der Waals surface area contributed by atoms with E-state index < -0.39 is 9.84 Å². The van der Waals surface area contributed by atoms with Crippen molar-refractivity contribution in [3.05, 3.63) is 66.2 Å². The van der Waals surface area contributed by atoms with Gasteiger partial charge in [0.2, 0.25) is 9.84 Å². The van der Waals surface area contributed by atoms with Crippen LogP contribution in [0.25, 0.3) is 0 Å². The lowest BCUT2D eigenvalue weighted by atomic mass is 10.2. The van der Waals surface area contributed by atoms with E-state index in [4.69, 9.17) is 9.47 Å². The monoisotopic (exact) mass is 388 g/mol. The second kappa shape index (κ2) is 10.3. The molecule has 2 rings (SSSR count). The predicted octanol–water partition coefficient (Wildman–Crippen LogP) is 5.05. The van der Waals surface area contributed by atoms with Crippen LogP contribution in [0, 0.1) is 0 Å². The van der Waals surface area contributed by atoms with Crippen molar-refractivity contribution < 1.29 is 17.9 Å². The summed E-state index contributed by atoms with van der Waals surface area (Å²) in [6, 6.07) is 14.9. The largest absolute Gasteiger partial charge is 0.491 e. The van der Waals surface area contributed by atoms with E-state index in [0.29, 0.717) is 19.0 Å². The van der Waals surface area contributed by atoms with Gasteiger partial charge in [-0.15, -0.1) is 0 Å². The molecule has 0 saturated carbocycles.